The number of hydrogen-bond donors (Lipinski definition) is 3. The Morgan fingerprint density at radius 3 is 2.48 bits per heavy atom. The lowest BCUT2D eigenvalue weighted by atomic mass is 10.0. The SMILES string of the molecule is CCNC(=NCc1ccc(OC)c(NC(C)=O)c1)NCC(CC)CC. The van der Waals surface area contributed by atoms with Crippen molar-refractivity contribution in [2.45, 2.75) is 47.1 Å². The van der Waals surface area contributed by atoms with Crippen molar-refractivity contribution in [3.63, 3.8) is 0 Å². The minimum absolute atomic E-state index is 0.126. The van der Waals surface area contributed by atoms with Crippen LogP contribution in [-0.4, -0.2) is 32.1 Å². The number of aliphatic imine (C=N–C) groups is 1. The summed E-state index contributed by atoms with van der Waals surface area (Å²) in [5, 5.41) is 9.47. The fourth-order valence-electron chi connectivity index (χ4n) is 2.47. The Morgan fingerprint density at radius 1 is 1.20 bits per heavy atom. The molecule has 1 rings (SSSR count). The van der Waals surface area contributed by atoms with E-state index in [4.69, 9.17) is 4.74 Å². The van der Waals surface area contributed by atoms with Crippen LogP contribution in [0.5, 0.6) is 5.75 Å². The second-order valence-corrected chi connectivity index (χ2v) is 5.97. The van der Waals surface area contributed by atoms with Gasteiger partial charge in [-0.1, -0.05) is 32.8 Å². The van der Waals surface area contributed by atoms with E-state index in [0.717, 1.165) is 37.5 Å². The van der Waals surface area contributed by atoms with Gasteiger partial charge in [-0.05, 0) is 30.5 Å². The summed E-state index contributed by atoms with van der Waals surface area (Å²) < 4.78 is 5.28. The molecule has 6 nitrogen and oxygen atoms in total. The molecule has 0 aliphatic carbocycles. The van der Waals surface area contributed by atoms with E-state index in [1.165, 1.54) is 6.92 Å². The molecule has 0 saturated carbocycles. The number of methoxy groups -OCH3 is 1. The zero-order chi connectivity index (χ0) is 18.7. The molecule has 0 radical (unpaired) electrons. The van der Waals surface area contributed by atoms with Gasteiger partial charge in [0.05, 0.1) is 19.3 Å². The number of carbonyl (C=O) groups excluding carboxylic acids is 1. The molecule has 6 heteroatoms. The van der Waals surface area contributed by atoms with Crippen molar-refractivity contribution < 1.29 is 9.53 Å². The van der Waals surface area contributed by atoms with E-state index in [0.29, 0.717) is 23.9 Å². The average Bonchev–Trinajstić information content (AvgIpc) is 2.60. The van der Waals surface area contributed by atoms with Crippen LogP contribution in [-0.2, 0) is 11.3 Å². The van der Waals surface area contributed by atoms with Crippen LogP contribution in [0.3, 0.4) is 0 Å². The van der Waals surface area contributed by atoms with Crippen LogP contribution in [0.4, 0.5) is 5.69 Å². The van der Waals surface area contributed by atoms with Gasteiger partial charge in [0.25, 0.3) is 0 Å². The van der Waals surface area contributed by atoms with Gasteiger partial charge in [-0.15, -0.1) is 0 Å². The van der Waals surface area contributed by atoms with Gasteiger partial charge in [0.2, 0.25) is 5.91 Å². The molecule has 0 atom stereocenters. The molecule has 0 aliphatic heterocycles. The van der Waals surface area contributed by atoms with Gasteiger partial charge in [0, 0.05) is 20.0 Å². The van der Waals surface area contributed by atoms with Crippen molar-refractivity contribution in [1.82, 2.24) is 10.6 Å². The topological polar surface area (TPSA) is 74.8 Å². The van der Waals surface area contributed by atoms with Crippen LogP contribution >= 0.6 is 0 Å². The molecule has 0 unspecified atom stereocenters. The Balaban J connectivity index is 2.82. The van der Waals surface area contributed by atoms with Gasteiger partial charge in [0.15, 0.2) is 5.96 Å². The summed E-state index contributed by atoms with van der Waals surface area (Å²) in [4.78, 5) is 16.0. The quantitative estimate of drug-likeness (QED) is 0.473. The summed E-state index contributed by atoms with van der Waals surface area (Å²) in [5.74, 6) is 1.98. The maximum absolute atomic E-state index is 11.3. The predicted octanol–water partition coefficient (Wildman–Crippen LogP) is 3.14. The molecule has 0 aromatic heterocycles. The maximum Gasteiger partial charge on any atom is 0.221 e. The third-order valence-electron chi connectivity index (χ3n) is 4.05. The van der Waals surface area contributed by atoms with Gasteiger partial charge in [-0.2, -0.15) is 0 Å². The van der Waals surface area contributed by atoms with Gasteiger partial charge in [-0.3, -0.25) is 4.79 Å². The summed E-state index contributed by atoms with van der Waals surface area (Å²) in [6, 6.07) is 5.70. The Kier molecular flexibility index (Phi) is 9.43. The van der Waals surface area contributed by atoms with Crippen molar-refractivity contribution in [2.24, 2.45) is 10.9 Å². The average molecular weight is 348 g/mol. The molecule has 1 amide bonds. The summed E-state index contributed by atoms with van der Waals surface area (Å²) >= 11 is 0. The second kappa shape index (κ2) is 11.3. The van der Waals surface area contributed by atoms with Crippen LogP contribution in [0.15, 0.2) is 23.2 Å². The number of hydrogen-bond acceptors (Lipinski definition) is 3. The number of guanidine groups is 1. The van der Waals surface area contributed by atoms with Gasteiger partial charge >= 0.3 is 0 Å². The number of benzene rings is 1. The lowest BCUT2D eigenvalue weighted by molar-refractivity contribution is -0.114. The highest BCUT2D eigenvalue weighted by Gasteiger charge is 2.07. The number of amides is 1. The van der Waals surface area contributed by atoms with E-state index >= 15 is 0 Å². The van der Waals surface area contributed by atoms with Crippen molar-refractivity contribution >= 4 is 17.6 Å². The molecular formula is C19H32N4O2. The fraction of sp³-hybridized carbons (Fsp3) is 0.579. The Hall–Kier alpha value is -2.24. The highest BCUT2D eigenvalue weighted by molar-refractivity contribution is 5.90. The number of rotatable bonds is 9. The van der Waals surface area contributed by atoms with Crippen LogP contribution in [0.2, 0.25) is 0 Å². The monoisotopic (exact) mass is 348 g/mol. The predicted molar refractivity (Wildman–Crippen MR) is 104 cm³/mol. The highest BCUT2D eigenvalue weighted by Crippen LogP contribution is 2.25. The van der Waals surface area contributed by atoms with Crippen molar-refractivity contribution in [2.75, 3.05) is 25.5 Å². The van der Waals surface area contributed by atoms with Crippen molar-refractivity contribution in [3.05, 3.63) is 23.8 Å². The summed E-state index contributed by atoms with van der Waals surface area (Å²) in [5.41, 5.74) is 1.67. The maximum atomic E-state index is 11.3. The largest absolute Gasteiger partial charge is 0.495 e. The number of nitrogens with zero attached hydrogens (tertiary/aromatic N) is 1. The van der Waals surface area contributed by atoms with Crippen LogP contribution in [0.1, 0.15) is 46.1 Å². The Bertz CT molecular complexity index is 569. The van der Waals surface area contributed by atoms with Crippen molar-refractivity contribution in [1.29, 1.82) is 0 Å². The smallest absolute Gasteiger partial charge is 0.221 e. The summed E-state index contributed by atoms with van der Waals surface area (Å²) in [6.45, 7) is 10.2. The summed E-state index contributed by atoms with van der Waals surface area (Å²) in [7, 11) is 1.59. The van der Waals surface area contributed by atoms with E-state index in [2.05, 4.69) is 41.7 Å². The van der Waals surface area contributed by atoms with Crippen molar-refractivity contribution in [3.8, 4) is 5.75 Å². The first-order chi connectivity index (χ1) is 12.0. The van der Waals surface area contributed by atoms with Crippen LogP contribution in [0, 0.1) is 5.92 Å². The minimum atomic E-state index is -0.126. The zero-order valence-corrected chi connectivity index (χ0v) is 16.1. The molecule has 0 bridgehead atoms. The molecule has 0 aliphatic rings. The minimum Gasteiger partial charge on any atom is -0.495 e. The Morgan fingerprint density at radius 2 is 1.92 bits per heavy atom. The number of anilines is 1. The number of nitrogens with one attached hydrogen (secondary N) is 3. The van der Waals surface area contributed by atoms with Crippen LogP contribution < -0.4 is 20.7 Å². The molecule has 0 saturated heterocycles. The Labute approximate surface area is 151 Å². The zero-order valence-electron chi connectivity index (χ0n) is 16.1. The van der Waals surface area contributed by atoms with Gasteiger partial charge in [-0.25, -0.2) is 4.99 Å². The van der Waals surface area contributed by atoms with Gasteiger partial charge in [0.1, 0.15) is 5.75 Å². The number of carbonyl (C=O) groups is 1. The molecule has 3 N–H and O–H groups in total. The van der Waals surface area contributed by atoms with E-state index in [9.17, 15) is 4.79 Å². The fourth-order valence-corrected chi connectivity index (χ4v) is 2.47. The van der Waals surface area contributed by atoms with E-state index in [1.807, 2.05) is 18.2 Å². The first-order valence-electron chi connectivity index (χ1n) is 9.00. The van der Waals surface area contributed by atoms with E-state index in [1.54, 1.807) is 7.11 Å². The standard InChI is InChI=1S/C19H32N4O2/c1-6-15(7-2)12-21-19(20-8-3)22-13-16-9-10-18(25-5)17(11-16)23-14(4)24/h9-11,15H,6-8,12-13H2,1-5H3,(H,23,24)(H2,20,21,22). The van der Waals surface area contributed by atoms with E-state index < -0.39 is 0 Å². The highest BCUT2D eigenvalue weighted by atomic mass is 16.5. The lowest BCUT2D eigenvalue weighted by Gasteiger charge is -2.16. The summed E-state index contributed by atoms with van der Waals surface area (Å²) in [6.07, 6.45) is 2.31. The second-order valence-electron chi connectivity index (χ2n) is 5.97. The molecule has 0 heterocycles. The third-order valence-corrected chi connectivity index (χ3v) is 4.05. The molecule has 1 aromatic carbocycles. The first-order valence-corrected chi connectivity index (χ1v) is 9.00. The third kappa shape index (κ3) is 7.45. The first kappa shape index (κ1) is 20.8. The van der Waals surface area contributed by atoms with E-state index in [-0.39, 0.29) is 5.91 Å². The van der Waals surface area contributed by atoms with Crippen LogP contribution in [0.25, 0.3) is 0 Å². The normalized spacial score (nSPS) is 11.4. The lowest BCUT2D eigenvalue weighted by Crippen LogP contribution is -2.39. The molecular weight excluding hydrogens is 316 g/mol. The molecule has 1 aromatic rings. The molecule has 0 spiro atoms. The number of ether oxygens (including phenoxy) is 1. The molecule has 25 heavy (non-hydrogen) atoms. The van der Waals surface area contributed by atoms with Gasteiger partial charge < -0.3 is 20.7 Å². The molecule has 140 valence electrons. The molecule has 0 fully saturated rings.